The van der Waals surface area contributed by atoms with Crippen molar-refractivity contribution >= 4 is 49.8 Å². The minimum absolute atomic E-state index is 0.490. The second-order valence-corrected chi connectivity index (χ2v) is 16.3. The number of nitrogens with zero attached hydrogens (tertiary/aromatic N) is 1. The SMILES string of the molecule is c1ccc(-c2ccccc2N(c2ccc(-c3ccc4c(c3)-c3ccccc3C43c4ccccc4Oc4ccccc43)cc2)c2cccc3c2oc2c4ccccc4ccc32)cc1. The molecule has 0 N–H and O–H groups in total. The molecule has 0 saturated heterocycles. The first kappa shape index (κ1) is 34.7. The van der Waals surface area contributed by atoms with E-state index in [2.05, 4.69) is 229 Å². The maximum Gasteiger partial charge on any atom is 0.159 e. The highest BCUT2D eigenvalue weighted by molar-refractivity contribution is 6.17. The average Bonchev–Trinajstić information content (AvgIpc) is 3.87. The molecule has 0 atom stereocenters. The zero-order valence-corrected chi connectivity index (χ0v) is 33.6. The van der Waals surface area contributed by atoms with Crippen LogP contribution in [0.5, 0.6) is 11.5 Å². The van der Waals surface area contributed by atoms with Crippen molar-refractivity contribution in [2.45, 2.75) is 5.41 Å². The molecular formula is C59H37NO2. The lowest BCUT2D eigenvalue weighted by Gasteiger charge is -2.39. The highest BCUT2D eigenvalue weighted by Gasteiger charge is 2.50. The van der Waals surface area contributed by atoms with Crippen LogP contribution in [0.1, 0.15) is 22.3 Å². The van der Waals surface area contributed by atoms with E-state index in [1.807, 2.05) is 0 Å². The first-order chi connectivity index (χ1) is 30.8. The summed E-state index contributed by atoms with van der Waals surface area (Å²) in [6.07, 6.45) is 0. The van der Waals surface area contributed by atoms with Crippen LogP contribution in [-0.4, -0.2) is 0 Å². The molecule has 2 aliphatic rings. The van der Waals surface area contributed by atoms with Crippen molar-refractivity contribution in [3.8, 4) is 44.9 Å². The minimum Gasteiger partial charge on any atom is -0.457 e. The lowest BCUT2D eigenvalue weighted by atomic mass is 9.66. The third-order valence-corrected chi connectivity index (χ3v) is 13.1. The van der Waals surface area contributed by atoms with Crippen LogP contribution in [0, 0.1) is 0 Å². The van der Waals surface area contributed by atoms with Crippen molar-refractivity contribution in [3.63, 3.8) is 0 Å². The van der Waals surface area contributed by atoms with E-state index in [1.54, 1.807) is 0 Å². The Morgan fingerprint density at radius 2 is 0.935 bits per heavy atom. The minimum atomic E-state index is -0.490. The first-order valence-electron chi connectivity index (χ1n) is 21.2. The summed E-state index contributed by atoms with van der Waals surface area (Å²) in [4.78, 5) is 2.36. The molecule has 290 valence electrons. The Balaban J connectivity index is 0.980. The molecule has 0 saturated carbocycles. The number of fused-ring (bicyclic) bond motifs is 14. The van der Waals surface area contributed by atoms with Gasteiger partial charge in [0.2, 0.25) is 0 Å². The largest absolute Gasteiger partial charge is 0.457 e. The van der Waals surface area contributed by atoms with Crippen LogP contribution in [0.15, 0.2) is 229 Å². The Morgan fingerprint density at radius 1 is 0.339 bits per heavy atom. The fraction of sp³-hybridized carbons (Fsp3) is 0.0169. The summed E-state index contributed by atoms with van der Waals surface area (Å²) in [6.45, 7) is 0. The Bertz CT molecular complexity index is 3520. The average molecular weight is 792 g/mol. The predicted octanol–water partition coefficient (Wildman–Crippen LogP) is 16.0. The van der Waals surface area contributed by atoms with Gasteiger partial charge in [0.15, 0.2) is 5.58 Å². The van der Waals surface area contributed by atoms with Crippen molar-refractivity contribution in [1.29, 1.82) is 0 Å². The van der Waals surface area contributed by atoms with Gasteiger partial charge in [-0.2, -0.15) is 0 Å². The zero-order chi connectivity index (χ0) is 40.8. The standard InChI is InChI=1S/C59H37NO2/c1-2-15-39(16-3-1)43-18-7-11-25-53(43)60(54-26-14-21-46-47-35-31-40-17-4-5-19-44(40)57(47)62-58(46)54)42-33-29-38(30-34-42)41-32-36-50-48(37-41)45-20-6-8-22-49(45)59(50)51-23-9-12-27-55(51)61-56-28-13-10-24-52(56)59/h1-37H. The molecule has 1 aliphatic heterocycles. The quantitative estimate of drug-likeness (QED) is 0.174. The molecule has 10 aromatic carbocycles. The van der Waals surface area contributed by atoms with Crippen LogP contribution in [0.25, 0.3) is 66.1 Å². The van der Waals surface area contributed by atoms with Gasteiger partial charge in [-0.15, -0.1) is 0 Å². The topological polar surface area (TPSA) is 25.6 Å². The Morgan fingerprint density at radius 3 is 1.74 bits per heavy atom. The van der Waals surface area contributed by atoms with Gasteiger partial charge >= 0.3 is 0 Å². The molecule has 1 spiro atoms. The lowest BCUT2D eigenvalue weighted by Crippen LogP contribution is -2.32. The van der Waals surface area contributed by atoms with Crippen molar-refractivity contribution in [1.82, 2.24) is 0 Å². The van der Waals surface area contributed by atoms with Gasteiger partial charge in [-0.1, -0.05) is 176 Å². The number of ether oxygens (including phenoxy) is 1. The van der Waals surface area contributed by atoms with E-state index in [4.69, 9.17) is 9.15 Å². The second-order valence-electron chi connectivity index (χ2n) is 16.3. The van der Waals surface area contributed by atoms with E-state index in [1.165, 1.54) is 38.9 Å². The summed E-state index contributed by atoms with van der Waals surface area (Å²) in [6, 6.07) is 80.7. The Kier molecular flexibility index (Phi) is 7.52. The van der Waals surface area contributed by atoms with Gasteiger partial charge in [-0.05, 0) is 92.9 Å². The predicted molar refractivity (Wildman–Crippen MR) is 254 cm³/mol. The van der Waals surface area contributed by atoms with Gasteiger partial charge in [0.25, 0.3) is 0 Å². The highest BCUT2D eigenvalue weighted by atomic mass is 16.5. The molecule has 0 fully saturated rings. The van der Waals surface area contributed by atoms with E-state index in [9.17, 15) is 0 Å². The van der Waals surface area contributed by atoms with Crippen LogP contribution < -0.4 is 9.64 Å². The van der Waals surface area contributed by atoms with E-state index >= 15 is 0 Å². The third kappa shape index (κ3) is 4.94. The number of hydrogen-bond acceptors (Lipinski definition) is 3. The number of para-hydroxylation sites is 4. The summed E-state index contributed by atoms with van der Waals surface area (Å²) in [5, 5.41) is 4.48. The summed E-state index contributed by atoms with van der Waals surface area (Å²) in [5.74, 6) is 1.80. The summed E-state index contributed by atoms with van der Waals surface area (Å²) >= 11 is 0. The number of benzene rings is 10. The summed E-state index contributed by atoms with van der Waals surface area (Å²) in [5.41, 5.74) is 16.4. The molecule has 3 nitrogen and oxygen atoms in total. The molecule has 0 radical (unpaired) electrons. The smallest absolute Gasteiger partial charge is 0.159 e. The molecular weight excluding hydrogens is 755 g/mol. The molecule has 11 aromatic rings. The molecule has 2 heterocycles. The van der Waals surface area contributed by atoms with Crippen LogP contribution in [0.3, 0.4) is 0 Å². The van der Waals surface area contributed by atoms with E-state index in [0.717, 1.165) is 78.0 Å². The van der Waals surface area contributed by atoms with Gasteiger partial charge < -0.3 is 14.1 Å². The molecule has 1 aliphatic carbocycles. The van der Waals surface area contributed by atoms with Crippen molar-refractivity contribution in [2.75, 3.05) is 4.90 Å². The fourth-order valence-corrected chi connectivity index (χ4v) is 10.5. The van der Waals surface area contributed by atoms with Crippen molar-refractivity contribution < 1.29 is 9.15 Å². The molecule has 0 amide bonds. The number of rotatable bonds is 5. The van der Waals surface area contributed by atoms with Gasteiger partial charge in [0.1, 0.15) is 17.1 Å². The monoisotopic (exact) mass is 791 g/mol. The first-order valence-corrected chi connectivity index (χ1v) is 21.2. The molecule has 62 heavy (non-hydrogen) atoms. The van der Waals surface area contributed by atoms with E-state index < -0.39 is 5.41 Å². The molecule has 1 aromatic heterocycles. The third-order valence-electron chi connectivity index (χ3n) is 13.1. The summed E-state index contributed by atoms with van der Waals surface area (Å²) in [7, 11) is 0. The summed E-state index contributed by atoms with van der Waals surface area (Å²) < 4.78 is 13.5. The number of furan rings is 1. The molecule has 13 rings (SSSR count). The highest BCUT2D eigenvalue weighted by Crippen LogP contribution is 2.62. The second kappa shape index (κ2) is 13.4. The lowest BCUT2D eigenvalue weighted by molar-refractivity contribution is 0.436. The molecule has 0 bridgehead atoms. The van der Waals surface area contributed by atoms with Crippen LogP contribution in [0.2, 0.25) is 0 Å². The van der Waals surface area contributed by atoms with Crippen molar-refractivity contribution in [2.24, 2.45) is 0 Å². The Hall–Kier alpha value is -8.14. The van der Waals surface area contributed by atoms with Crippen molar-refractivity contribution in [3.05, 3.63) is 247 Å². The molecule has 0 unspecified atom stereocenters. The van der Waals surface area contributed by atoms with Crippen LogP contribution in [-0.2, 0) is 5.41 Å². The zero-order valence-electron chi connectivity index (χ0n) is 33.6. The van der Waals surface area contributed by atoms with Gasteiger partial charge in [-0.3, -0.25) is 0 Å². The van der Waals surface area contributed by atoms with E-state index in [-0.39, 0.29) is 0 Å². The van der Waals surface area contributed by atoms with Gasteiger partial charge in [0.05, 0.1) is 16.8 Å². The normalized spacial score (nSPS) is 13.1. The molecule has 3 heteroatoms. The van der Waals surface area contributed by atoms with Crippen LogP contribution >= 0.6 is 0 Å². The van der Waals surface area contributed by atoms with Gasteiger partial charge in [-0.25, -0.2) is 0 Å². The maximum absolute atomic E-state index is 6.97. The van der Waals surface area contributed by atoms with E-state index in [0.29, 0.717) is 0 Å². The number of hydrogen-bond donors (Lipinski definition) is 0. The number of anilines is 3. The van der Waals surface area contributed by atoms with Crippen LogP contribution in [0.4, 0.5) is 17.1 Å². The maximum atomic E-state index is 6.97. The fourth-order valence-electron chi connectivity index (χ4n) is 10.5. The Labute approximate surface area is 359 Å². The van der Waals surface area contributed by atoms with Gasteiger partial charge in [0, 0.05) is 38.5 Å².